The van der Waals surface area contributed by atoms with Crippen LogP contribution in [-0.4, -0.2) is 33.7 Å². The van der Waals surface area contributed by atoms with Crippen LogP contribution in [0.25, 0.3) is 0 Å². The normalized spacial score (nSPS) is 11.3. The van der Waals surface area contributed by atoms with E-state index in [-0.39, 0.29) is 12.5 Å². The van der Waals surface area contributed by atoms with E-state index in [1.807, 2.05) is 58.0 Å². The second-order valence-corrected chi connectivity index (χ2v) is 8.45. The van der Waals surface area contributed by atoms with Gasteiger partial charge in [0.1, 0.15) is 6.54 Å². The Kier molecular flexibility index (Phi) is 6.08. The number of rotatable bonds is 6. The van der Waals surface area contributed by atoms with Gasteiger partial charge in [-0.2, -0.15) is 0 Å². The van der Waals surface area contributed by atoms with Crippen molar-refractivity contribution >= 4 is 27.3 Å². The van der Waals surface area contributed by atoms with Crippen molar-refractivity contribution in [1.82, 2.24) is 0 Å². The van der Waals surface area contributed by atoms with Crippen molar-refractivity contribution in [3.8, 4) is 0 Å². The molecule has 0 aliphatic carbocycles. The number of carbonyl (C=O) groups is 1. The minimum absolute atomic E-state index is 0.232. The molecule has 2 aromatic carbocycles. The molecule has 0 aliphatic rings. The number of sulfonamides is 1. The molecule has 0 saturated carbocycles. The zero-order valence-electron chi connectivity index (χ0n) is 16.0. The Balaban J connectivity index is 2.38. The van der Waals surface area contributed by atoms with Gasteiger partial charge in [-0.15, -0.1) is 0 Å². The zero-order chi connectivity index (χ0) is 19.5. The molecule has 2 rings (SSSR count). The summed E-state index contributed by atoms with van der Waals surface area (Å²) in [5.41, 5.74) is 4.24. The first-order chi connectivity index (χ1) is 12.1. The predicted molar refractivity (Wildman–Crippen MR) is 107 cm³/mol. The standard InChI is InChI=1S/C20H26N2O3S/c1-6-21(18-12-15(2)11-16(3)13-18)20(23)14-22(26(5,24)25)19-10-8-7-9-17(19)4/h7-13H,6,14H2,1-5H3. The van der Waals surface area contributed by atoms with E-state index in [1.54, 1.807) is 17.0 Å². The summed E-state index contributed by atoms with van der Waals surface area (Å²) in [5, 5.41) is 0. The zero-order valence-corrected chi connectivity index (χ0v) is 16.8. The maximum atomic E-state index is 13.0. The van der Waals surface area contributed by atoms with Crippen LogP contribution in [-0.2, 0) is 14.8 Å². The largest absolute Gasteiger partial charge is 0.311 e. The molecule has 6 heteroatoms. The van der Waals surface area contributed by atoms with Crippen LogP contribution < -0.4 is 9.21 Å². The number of benzene rings is 2. The number of anilines is 2. The number of nitrogens with zero attached hydrogens (tertiary/aromatic N) is 2. The number of likely N-dealkylation sites (N-methyl/N-ethyl adjacent to an activating group) is 1. The lowest BCUT2D eigenvalue weighted by Crippen LogP contribution is -2.43. The quantitative estimate of drug-likeness (QED) is 0.778. The average Bonchev–Trinajstić information content (AvgIpc) is 2.52. The van der Waals surface area contributed by atoms with E-state index < -0.39 is 10.0 Å². The van der Waals surface area contributed by atoms with Gasteiger partial charge in [-0.25, -0.2) is 8.42 Å². The van der Waals surface area contributed by atoms with Crippen LogP contribution in [0.3, 0.4) is 0 Å². The summed E-state index contributed by atoms with van der Waals surface area (Å²) in [7, 11) is -3.59. The van der Waals surface area contributed by atoms with E-state index in [1.165, 1.54) is 4.31 Å². The summed E-state index contributed by atoms with van der Waals surface area (Å²) < 4.78 is 25.8. The Morgan fingerprint density at radius 3 is 2.08 bits per heavy atom. The topological polar surface area (TPSA) is 57.7 Å². The first-order valence-corrected chi connectivity index (χ1v) is 10.4. The molecule has 0 radical (unpaired) electrons. The monoisotopic (exact) mass is 374 g/mol. The number of carbonyl (C=O) groups excluding carboxylic acids is 1. The molecule has 0 aliphatic heterocycles. The van der Waals surface area contributed by atoms with Gasteiger partial charge in [-0.05, 0) is 62.6 Å². The Morgan fingerprint density at radius 1 is 1.00 bits per heavy atom. The third-order valence-electron chi connectivity index (χ3n) is 4.20. The molecule has 0 atom stereocenters. The van der Waals surface area contributed by atoms with Gasteiger partial charge in [-0.3, -0.25) is 9.10 Å². The molecule has 26 heavy (non-hydrogen) atoms. The fourth-order valence-corrected chi connectivity index (χ4v) is 3.95. The number of hydrogen-bond acceptors (Lipinski definition) is 3. The van der Waals surface area contributed by atoms with Gasteiger partial charge in [0, 0.05) is 12.2 Å². The SMILES string of the molecule is CCN(C(=O)CN(c1ccccc1C)S(C)(=O)=O)c1cc(C)cc(C)c1. The van der Waals surface area contributed by atoms with E-state index in [0.717, 1.165) is 28.6 Å². The van der Waals surface area contributed by atoms with Crippen molar-refractivity contribution < 1.29 is 13.2 Å². The number of hydrogen-bond donors (Lipinski definition) is 0. The Morgan fingerprint density at radius 2 is 1.58 bits per heavy atom. The lowest BCUT2D eigenvalue weighted by Gasteiger charge is -2.28. The fraction of sp³-hybridized carbons (Fsp3) is 0.350. The van der Waals surface area contributed by atoms with Gasteiger partial charge in [-0.1, -0.05) is 24.3 Å². The third kappa shape index (κ3) is 4.64. The number of amides is 1. The van der Waals surface area contributed by atoms with E-state index in [9.17, 15) is 13.2 Å². The summed E-state index contributed by atoms with van der Waals surface area (Å²) in [4.78, 5) is 14.6. The summed E-state index contributed by atoms with van der Waals surface area (Å²) in [6.07, 6.45) is 1.12. The average molecular weight is 375 g/mol. The molecule has 0 fully saturated rings. The van der Waals surface area contributed by atoms with Crippen molar-refractivity contribution in [2.24, 2.45) is 0 Å². The summed E-state index contributed by atoms with van der Waals surface area (Å²) in [6.45, 7) is 7.90. The summed E-state index contributed by atoms with van der Waals surface area (Å²) >= 11 is 0. The van der Waals surface area contributed by atoms with Crippen LogP contribution in [0.15, 0.2) is 42.5 Å². The van der Waals surface area contributed by atoms with Crippen molar-refractivity contribution in [3.63, 3.8) is 0 Å². The molecule has 0 bridgehead atoms. The van der Waals surface area contributed by atoms with Crippen LogP contribution in [0.4, 0.5) is 11.4 Å². The van der Waals surface area contributed by atoms with Gasteiger partial charge in [0.25, 0.3) is 0 Å². The van der Waals surface area contributed by atoms with Crippen LogP contribution in [0.5, 0.6) is 0 Å². The van der Waals surface area contributed by atoms with E-state index in [4.69, 9.17) is 0 Å². The molecular formula is C20H26N2O3S. The second kappa shape index (κ2) is 7.91. The van der Waals surface area contributed by atoms with Crippen molar-refractivity contribution in [1.29, 1.82) is 0 Å². The highest BCUT2D eigenvalue weighted by atomic mass is 32.2. The van der Waals surface area contributed by atoms with Gasteiger partial charge in [0.05, 0.1) is 11.9 Å². The van der Waals surface area contributed by atoms with Crippen LogP contribution in [0, 0.1) is 20.8 Å². The maximum absolute atomic E-state index is 13.0. The summed E-state index contributed by atoms with van der Waals surface area (Å²) in [6, 6.07) is 13.1. The first-order valence-electron chi connectivity index (χ1n) is 8.55. The molecule has 0 saturated heterocycles. The van der Waals surface area contributed by atoms with Crippen molar-refractivity contribution in [3.05, 3.63) is 59.2 Å². The molecule has 0 unspecified atom stereocenters. The molecule has 0 spiro atoms. The Labute approximate surface area is 156 Å². The molecule has 2 aromatic rings. The predicted octanol–water partition coefficient (Wildman–Crippen LogP) is 3.43. The van der Waals surface area contributed by atoms with E-state index in [0.29, 0.717) is 12.2 Å². The fourth-order valence-electron chi connectivity index (χ4n) is 3.04. The molecule has 5 nitrogen and oxygen atoms in total. The van der Waals surface area contributed by atoms with Gasteiger partial charge in [0.15, 0.2) is 0 Å². The maximum Gasteiger partial charge on any atom is 0.247 e. The molecule has 0 aromatic heterocycles. The highest BCUT2D eigenvalue weighted by Crippen LogP contribution is 2.24. The van der Waals surface area contributed by atoms with Crippen molar-refractivity contribution in [2.75, 3.05) is 28.6 Å². The highest BCUT2D eigenvalue weighted by molar-refractivity contribution is 7.92. The molecule has 0 N–H and O–H groups in total. The molecule has 140 valence electrons. The first kappa shape index (κ1) is 20.0. The van der Waals surface area contributed by atoms with Gasteiger partial charge >= 0.3 is 0 Å². The lowest BCUT2D eigenvalue weighted by atomic mass is 10.1. The minimum Gasteiger partial charge on any atom is -0.311 e. The summed E-state index contributed by atoms with van der Waals surface area (Å²) in [5.74, 6) is -0.258. The number of para-hydroxylation sites is 1. The molecule has 1 amide bonds. The highest BCUT2D eigenvalue weighted by Gasteiger charge is 2.25. The number of aryl methyl sites for hydroxylation is 3. The van der Waals surface area contributed by atoms with E-state index >= 15 is 0 Å². The molecule has 0 heterocycles. The van der Waals surface area contributed by atoms with Crippen molar-refractivity contribution in [2.45, 2.75) is 27.7 Å². The minimum atomic E-state index is -3.59. The third-order valence-corrected chi connectivity index (χ3v) is 5.33. The Hall–Kier alpha value is -2.34. The van der Waals surface area contributed by atoms with Gasteiger partial charge < -0.3 is 4.90 Å². The van der Waals surface area contributed by atoms with Crippen LogP contribution in [0.1, 0.15) is 23.6 Å². The smallest absolute Gasteiger partial charge is 0.247 e. The van der Waals surface area contributed by atoms with Crippen LogP contribution >= 0.6 is 0 Å². The van der Waals surface area contributed by atoms with E-state index in [2.05, 4.69) is 0 Å². The lowest BCUT2D eigenvalue weighted by molar-refractivity contribution is -0.117. The molecular weight excluding hydrogens is 348 g/mol. The Bertz CT molecular complexity index is 887. The second-order valence-electron chi connectivity index (χ2n) is 6.54. The van der Waals surface area contributed by atoms with Gasteiger partial charge in [0.2, 0.25) is 15.9 Å². The van der Waals surface area contributed by atoms with Crippen LogP contribution in [0.2, 0.25) is 0 Å².